The number of halogens is 1. The fourth-order valence-corrected chi connectivity index (χ4v) is 6.58. The van der Waals surface area contributed by atoms with E-state index in [0.29, 0.717) is 36.9 Å². The fourth-order valence-electron chi connectivity index (χ4n) is 6.58. The summed E-state index contributed by atoms with van der Waals surface area (Å²) in [5.41, 5.74) is 12.6. The molecule has 1 atom stereocenters. The molecule has 13 heteroatoms. The number of carbonyl (C=O) groups excluding carboxylic acids is 1. The maximum atomic E-state index is 15.9. The third kappa shape index (κ3) is 7.72. The van der Waals surface area contributed by atoms with Gasteiger partial charge >= 0.3 is 0 Å². The molecule has 3 aliphatic rings. The lowest BCUT2D eigenvalue weighted by atomic mass is 9.96. The summed E-state index contributed by atoms with van der Waals surface area (Å²) in [4.78, 5) is 33.3. The Kier molecular flexibility index (Phi) is 10.2. The van der Waals surface area contributed by atoms with Gasteiger partial charge in [0.25, 0.3) is 5.91 Å². The van der Waals surface area contributed by atoms with E-state index < -0.39 is 17.4 Å². The topological polar surface area (TPSA) is 159 Å². The second-order valence-electron chi connectivity index (χ2n) is 13.1. The van der Waals surface area contributed by atoms with Gasteiger partial charge in [0.2, 0.25) is 0 Å². The molecule has 0 saturated carbocycles. The number of anilines is 2. The Bertz CT molecular complexity index is 1740. The Morgan fingerprint density at radius 1 is 1.06 bits per heavy atom. The molecule has 1 unspecified atom stereocenters. The van der Waals surface area contributed by atoms with Crippen molar-refractivity contribution >= 4 is 23.3 Å². The van der Waals surface area contributed by atoms with Gasteiger partial charge in [-0.05, 0) is 57.0 Å². The van der Waals surface area contributed by atoms with Gasteiger partial charge in [0.15, 0.2) is 0 Å². The molecule has 1 amide bonds. The maximum Gasteiger partial charge on any atom is 0.264 e. The molecule has 0 spiro atoms. The summed E-state index contributed by atoms with van der Waals surface area (Å²) in [5.74, 6) is 0.0302. The molecular formula is C36H42FN9O3. The van der Waals surface area contributed by atoms with Crippen LogP contribution in [0.3, 0.4) is 0 Å². The van der Waals surface area contributed by atoms with E-state index in [1.165, 1.54) is 12.4 Å². The van der Waals surface area contributed by atoms with Crippen LogP contribution < -0.4 is 16.2 Å². The highest BCUT2D eigenvalue weighted by Gasteiger charge is 2.35. The molecule has 3 fully saturated rings. The smallest absolute Gasteiger partial charge is 0.264 e. The summed E-state index contributed by atoms with van der Waals surface area (Å²) in [6, 6.07) is 15.8. The molecule has 256 valence electrons. The highest BCUT2D eigenvalue weighted by Crippen LogP contribution is 2.29. The van der Waals surface area contributed by atoms with E-state index >= 15 is 4.39 Å². The van der Waals surface area contributed by atoms with E-state index in [4.69, 9.17) is 25.9 Å². The zero-order chi connectivity index (χ0) is 34.5. The molecule has 12 nitrogen and oxygen atoms in total. The van der Waals surface area contributed by atoms with Crippen molar-refractivity contribution in [1.29, 1.82) is 5.26 Å². The molecule has 4 N–H and O–H groups in total. The van der Waals surface area contributed by atoms with Crippen molar-refractivity contribution in [2.75, 3.05) is 63.9 Å². The fraction of sp³-hybridized carbons (Fsp3) is 0.417. The molecule has 3 aromatic rings. The Labute approximate surface area is 285 Å². The van der Waals surface area contributed by atoms with Crippen molar-refractivity contribution in [1.82, 2.24) is 24.7 Å². The highest BCUT2D eigenvalue weighted by atomic mass is 19.1. The van der Waals surface area contributed by atoms with Crippen molar-refractivity contribution in [2.45, 2.75) is 44.3 Å². The van der Waals surface area contributed by atoms with Crippen LogP contribution in [0.4, 0.5) is 16.0 Å². The summed E-state index contributed by atoms with van der Waals surface area (Å²) in [5, 5.41) is 10.1. The Morgan fingerprint density at radius 3 is 2.41 bits per heavy atom. The van der Waals surface area contributed by atoms with Crippen LogP contribution in [0.25, 0.3) is 0 Å². The molecule has 4 heterocycles. The average molecular weight is 668 g/mol. The van der Waals surface area contributed by atoms with Crippen LogP contribution in [0.15, 0.2) is 71.5 Å². The van der Waals surface area contributed by atoms with Gasteiger partial charge in [-0.25, -0.2) is 14.4 Å². The minimum absolute atomic E-state index is 0.0535. The van der Waals surface area contributed by atoms with Crippen molar-refractivity contribution in [3.05, 3.63) is 83.5 Å². The number of piperidine rings is 1. The number of likely N-dealkylation sites (tertiary alicyclic amines) is 1. The molecule has 3 saturated heterocycles. The number of nitrogen functional groups attached to an aromatic ring is 2. The number of para-hydroxylation sites is 1. The number of amides is 1. The Balaban J connectivity index is 1.23. The molecule has 6 rings (SSSR count). The lowest BCUT2D eigenvalue weighted by Gasteiger charge is -2.46. The molecular weight excluding hydrogens is 625 g/mol. The van der Waals surface area contributed by atoms with Gasteiger partial charge in [0.05, 0.1) is 36.6 Å². The monoisotopic (exact) mass is 667 g/mol. The van der Waals surface area contributed by atoms with E-state index in [0.717, 1.165) is 39.4 Å². The van der Waals surface area contributed by atoms with Gasteiger partial charge in [-0.3, -0.25) is 19.6 Å². The third-order valence-corrected chi connectivity index (χ3v) is 9.43. The minimum atomic E-state index is -0.600. The van der Waals surface area contributed by atoms with Crippen LogP contribution in [0.2, 0.25) is 0 Å². The van der Waals surface area contributed by atoms with Crippen LogP contribution >= 0.6 is 0 Å². The standard InChI is InChI=1S/C36H42FN9O3/c1-36(2,46-15-13-44(14-16-46)26-21-48-22-26)18-24(19-38)35(47)45-12-6-7-25(20-45)43-32(31-33(39)41-23-42-34(31)40)29-11-10-28(17-30(29)37)49-27-8-4-3-5-9-27/h3-5,8-11,17-18,23,25-26H,6-7,12-16,20-22H2,1-2H3,(H4,39,40,41,42)/b24-18+,43-32?. The normalized spacial score (nSPS) is 20.0. The summed E-state index contributed by atoms with van der Waals surface area (Å²) in [6.07, 6.45) is 4.29. The van der Waals surface area contributed by atoms with Crippen molar-refractivity contribution in [3.8, 4) is 17.6 Å². The quantitative estimate of drug-likeness (QED) is 0.196. The summed E-state index contributed by atoms with van der Waals surface area (Å²) in [6.45, 7) is 9.85. The van der Waals surface area contributed by atoms with Crippen LogP contribution in [-0.2, 0) is 9.53 Å². The minimum Gasteiger partial charge on any atom is -0.457 e. The van der Waals surface area contributed by atoms with Crippen LogP contribution in [-0.4, -0.2) is 106 Å². The number of hydrogen-bond donors (Lipinski definition) is 2. The van der Waals surface area contributed by atoms with Gasteiger partial charge in [0.1, 0.15) is 46.9 Å². The summed E-state index contributed by atoms with van der Waals surface area (Å²) >= 11 is 0. The first-order valence-electron chi connectivity index (χ1n) is 16.6. The number of piperazine rings is 1. The van der Waals surface area contributed by atoms with Gasteiger partial charge in [-0.2, -0.15) is 5.26 Å². The lowest BCUT2D eigenvalue weighted by molar-refractivity contribution is -0.127. The molecule has 0 bridgehead atoms. The average Bonchev–Trinajstić information content (AvgIpc) is 3.07. The Morgan fingerprint density at radius 2 is 1.78 bits per heavy atom. The van der Waals surface area contributed by atoms with Gasteiger partial charge in [-0.1, -0.05) is 18.2 Å². The first-order valence-corrected chi connectivity index (χ1v) is 16.6. The highest BCUT2D eigenvalue weighted by molar-refractivity contribution is 6.18. The third-order valence-electron chi connectivity index (χ3n) is 9.43. The van der Waals surface area contributed by atoms with Crippen LogP contribution in [0, 0.1) is 17.1 Å². The molecule has 49 heavy (non-hydrogen) atoms. The summed E-state index contributed by atoms with van der Waals surface area (Å²) < 4.78 is 27.0. The number of nitrogens with two attached hydrogens (primary N) is 2. The number of rotatable bonds is 9. The van der Waals surface area contributed by atoms with Crippen molar-refractivity contribution in [2.24, 2.45) is 4.99 Å². The van der Waals surface area contributed by atoms with Gasteiger partial charge < -0.3 is 25.8 Å². The number of nitrogens with zero attached hydrogens (tertiary/aromatic N) is 7. The predicted octanol–water partition coefficient (Wildman–Crippen LogP) is 3.65. The van der Waals surface area contributed by atoms with Crippen molar-refractivity contribution < 1.29 is 18.7 Å². The Hall–Kier alpha value is -4.90. The number of benzene rings is 2. The maximum absolute atomic E-state index is 15.9. The number of aromatic nitrogens is 2. The first-order chi connectivity index (χ1) is 23.6. The van der Waals surface area contributed by atoms with E-state index in [1.807, 2.05) is 32.0 Å². The number of hydrogen-bond acceptors (Lipinski definition) is 11. The molecule has 2 aromatic carbocycles. The largest absolute Gasteiger partial charge is 0.457 e. The molecule has 0 radical (unpaired) electrons. The van der Waals surface area contributed by atoms with E-state index in [1.54, 1.807) is 35.2 Å². The van der Waals surface area contributed by atoms with E-state index in [2.05, 4.69) is 25.8 Å². The SMILES string of the molecule is CC(C)(/C=C(\C#N)C(=O)N1CCCC(N=C(c2ccc(Oc3ccccc3)cc2F)c2c(N)ncnc2N)C1)N1CCN(C2COC2)CC1. The number of ether oxygens (including phenoxy) is 2. The van der Waals surface area contributed by atoms with Gasteiger partial charge in [-0.15, -0.1) is 0 Å². The van der Waals surface area contributed by atoms with Crippen molar-refractivity contribution in [3.63, 3.8) is 0 Å². The van der Waals surface area contributed by atoms with Crippen LogP contribution in [0.5, 0.6) is 11.5 Å². The second kappa shape index (κ2) is 14.7. The number of carbonyl (C=O) groups is 1. The molecule has 1 aromatic heterocycles. The molecule has 0 aliphatic carbocycles. The van der Waals surface area contributed by atoms with Crippen LogP contribution in [0.1, 0.15) is 37.8 Å². The first kappa shape index (κ1) is 34.0. The second-order valence-corrected chi connectivity index (χ2v) is 13.1. The zero-order valence-electron chi connectivity index (χ0n) is 27.9. The number of aliphatic imine (C=N–C) groups is 1. The molecule has 3 aliphatic heterocycles. The van der Waals surface area contributed by atoms with Gasteiger partial charge in [0, 0.05) is 56.4 Å². The number of nitriles is 1. The summed E-state index contributed by atoms with van der Waals surface area (Å²) in [7, 11) is 0. The van der Waals surface area contributed by atoms with E-state index in [9.17, 15) is 10.1 Å². The predicted molar refractivity (Wildman–Crippen MR) is 185 cm³/mol. The zero-order valence-corrected chi connectivity index (χ0v) is 27.9. The lowest BCUT2D eigenvalue weighted by Crippen LogP contribution is -2.59. The van der Waals surface area contributed by atoms with E-state index in [-0.39, 0.29) is 46.5 Å².